The molecule has 1 aliphatic rings. The van der Waals surface area contributed by atoms with Gasteiger partial charge in [-0.25, -0.2) is 0 Å². The van der Waals surface area contributed by atoms with Gasteiger partial charge in [-0.1, -0.05) is 18.6 Å². The summed E-state index contributed by atoms with van der Waals surface area (Å²) in [6.07, 6.45) is 4.96. The largest absolute Gasteiger partial charge is 0.391 e. The van der Waals surface area contributed by atoms with Gasteiger partial charge in [-0.3, -0.25) is 0 Å². The van der Waals surface area contributed by atoms with E-state index < -0.39 is 6.10 Å². The van der Waals surface area contributed by atoms with Crippen molar-refractivity contribution in [3.63, 3.8) is 0 Å². The van der Waals surface area contributed by atoms with Crippen LogP contribution in [0.25, 0.3) is 10.9 Å². The third-order valence-electron chi connectivity index (χ3n) is 3.96. The number of nitrogens with two attached hydrogens (primary N) is 1. The van der Waals surface area contributed by atoms with E-state index in [0.717, 1.165) is 23.9 Å². The van der Waals surface area contributed by atoms with Crippen LogP contribution in [0, 0.1) is 5.92 Å². The van der Waals surface area contributed by atoms with Gasteiger partial charge in [-0.2, -0.15) is 0 Å². The van der Waals surface area contributed by atoms with Crippen molar-refractivity contribution in [2.24, 2.45) is 11.7 Å². The molecule has 1 saturated carbocycles. The Kier molecular flexibility index (Phi) is 2.65. The van der Waals surface area contributed by atoms with Gasteiger partial charge in [0.2, 0.25) is 0 Å². The number of aliphatic hydroxyl groups is 1. The highest BCUT2D eigenvalue weighted by Gasteiger charge is 2.30. The van der Waals surface area contributed by atoms with Crippen LogP contribution in [0.1, 0.15) is 30.9 Å². The fraction of sp³-hybridized carbons (Fsp3) is 0.429. The van der Waals surface area contributed by atoms with E-state index in [1.807, 2.05) is 24.4 Å². The third kappa shape index (κ3) is 1.85. The first-order chi connectivity index (χ1) is 8.25. The lowest BCUT2D eigenvalue weighted by Gasteiger charge is -2.33. The molecule has 4 N–H and O–H groups in total. The van der Waals surface area contributed by atoms with Crippen LogP contribution < -0.4 is 5.73 Å². The van der Waals surface area contributed by atoms with E-state index in [1.54, 1.807) is 0 Å². The molecule has 0 radical (unpaired) electrons. The number of nitrogens with one attached hydrogen (secondary N) is 1. The molecule has 0 aliphatic heterocycles. The number of benzene rings is 1. The molecular formula is C14H18N2O. The lowest BCUT2D eigenvalue weighted by molar-refractivity contribution is 0.0414. The molecule has 1 aliphatic carbocycles. The second kappa shape index (κ2) is 4.17. The summed E-state index contributed by atoms with van der Waals surface area (Å²) in [7, 11) is 0. The van der Waals surface area contributed by atoms with Gasteiger partial charge in [-0.15, -0.1) is 0 Å². The smallest absolute Gasteiger partial charge is 0.0760 e. The Bertz CT molecular complexity index is 516. The van der Waals surface area contributed by atoms with Crippen LogP contribution in [-0.2, 0) is 0 Å². The second-order valence-corrected chi connectivity index (χ2v) is 5.03. The fourth-order valence-corrected chi connectivity index (χ4v) is 2.54. The number of aromatic nitrogens is 1. The summed E-state index contributed by atoms with van der Waals surface area (Å²) in [4.78, 5) is 3.17. The zero-order valence-electron chi connectivity index (χ0n) is 9.76. The summed E-state index contributed by atoms with van der Waals surface area (Å²) in [6.45, 7) is 0. The van der Waals surface area contributed by atoms with Crippen molar-refractivity contribution >= 4 is 10.9 Å². The van der Waals surface area contributed by atoms with E-state index in [2.05, 4.69) is 11.1 Å². The van der Waals surface area contributed by atoms with Gasteiger partial charge in [0.1, 0.15) is 0 Å². The summed E-state index contributed by atoms with van der Waals surface area (Å²) in [6, 6.07) is 7.87. The number of hydrogen-bond donors (Lipinski definition) is 3. The zero-order chi connectivity index (χ0) is 11.8. The highest BCUT2D eigenvalue weighted by Crippen LogP contribution is 2.34. The van der Waals surface area contributed by atoms with Crippen LogP contribution >= 0.6 is 0 Å². The Hall–Kier alpha value is -1.32. The number of aliphatic hydroxyl groups excluding tert-OH is 1. The third-order valence-corrected chi connectivity index (χ3v) is 3.96. The molecule has 1 fully saturated rings. The molecule has 2 aromatic rings. The Morgan fingerprint density at radius 3 is 2.82 bits per heavy atom. The molecule has 1 aromatic carbocycles. The number of aromatic amines is 1. The Balaban J connectivity index is 1.86. The average molecular weight is 230 g/mol. The lowest BCUT2D eigenvalue weighted by Crippen LogP contribution is -2.36. The van der Waals surface area contributed by atoms with Gasteiger partial charge < -0.3 is 15.8 Å². The van der Waals surface area contributed by atoms with Crippen molar-refractivity contribution in [2.45, 2.75) is 31.4 Å². The normalized spacial score (nSPS) is 20.1. The predicted molar refractivity (Wildman–Crippen MR) is 68.6 cm³/mol. The van der Waals surface area contributed by atoms with Crippen molar-refractivity contribution in [1.29, 1.82) is 0 Å². The Morgan fingerprint density at radius 1 is 1.29 bits per heavy atom. The molecule has 90 valence electrons. The van der Waals surface area contributed by atoms with E-state index in [4.69, 9.17) is 5.73 Å². The molecule has 1 aromatic heterocycles. The van der Waals surface area contributed by atoms with Crippen molar-refractivity contribution in [3.05, 3.63) is 36.0 Å². The molecule has 0 bridgehead atoms. The summed E-state index contributed by atoms with van der Waals surface area (Å²) in [5.74, 6) is 0.393. The van der Waals surface area contributed by atoms with Gasteiger partial charge >= 0.3 is 0 Å². The lowest BCUT2D eigenvalue weighted by atomic mass is 9.77. The molecule has 2 atom stereocenters. The molecular weight excluding hydrogens is 212 g/mol. The summed E-state index contributed by atoms with van der Waals surface area (Å²) < 4.78 is 0. The minimum Gasteiger partial charge on any atom is -0.391 e. The summed E-state index contributed by atoms with van der Waals surface area (Å²) >= 11 is 0. The average Bonchev–Trinajstić information content (AvgIpc) is 2.72. The molecule has 3 nitrogen and oxygen atoms in total. The molecule has 0 unspecified atom stereocenters. The van der Waals surface area contributed by atoms with Crippen LogP contribution in [0.3, 0.4) is 0 Å². The van der Waals surface area contributed by atoms with E-state index in [1.165, 1.54) is 11.8 Å². The predicted octanol–water partition coefficient (Wildman–Crippen LogP) is 2.33. The topological polar surface area (TPSA) is 62.0 Å². The van der Waals surface area contributed by atoms with Crippen LogP contribution in [0.2, 0.25) is 0 Å². The maximum absolute atomic E-state index is 10.2. The van der Waals surface area contributed by atoms with Crippen LogP contribution in [0.5, 0.6) is 0 Å². The van der Waals surface area contributed by atoms with Crippen LogP contribution in [0.4, 0.5) is 0 Å². The SMILES string of the molecule is N[C@H](c1ccc2cc[nH]c2c1)[C@@H](O)C1CCC1. The summed E-state index contributed by atoms with van der Waals surface area (Å²) in [5.41, 5.74) is 8.24. The number of fused-ring (bicyclic) bond motifs is 1. The first kappa shape index (κ1) is 10.8. The van der Waals surface area contributed by atoms with Gasteiger partial charge in [0.25, 0.3) is 0 Å². The van der Waals surface area contributed by atoms with Crippen molar-refractivity contribution < 1.29 is 5.11 Å². The highest BCUT2D eigenvalue weighted by atomic mass is 16.3. The van der Waals surface area contributed by atoms with E-state index in [0.29, 0.717) is 5.92 Å². The van der Waals surface area contributed by atoms with Crippen LogP contribution in [-0.4, -0.2) is 16.2 Å². The molecule has 1 heterocycles. The maximum Gasteiger partial charge on any atom is 0.0760 e. The standard InChI is InChI=1S/C14H18N2O/c15-13(14(17)10-2-1-3-10)11-5-4-9-6-7-16-12(9)8-11/h4-8,10,13-14,16-17H,1-3,15H2/t13-,14+/m1/s1. The number of H-pyrrole nitrogens is 1. The molecule has 0 spiro atoms. The molecule has 17 heavy (non-hydrogen) atoms. The number of hydrogen-bond acceptors (Lipinski definition) is 2. The minimum absolute atomic E-state index is 0.270. The quantitative estimate of drug-likeness (QED) is 0.757. The first-order valence-corrected chi connectivity index (χ1v) is 6.26. The Labute approximate surface area is 101 Å². The van der Waals surface area contributed by atoms with Crippen molar-refractivity contribution in [2.75, 3.05) is 0 Å². The molecule has 3 rings (SSSR count). The minimum atomic E-state index is -0.406. The molecule has 3 heteroatoms. The molecule has 0 saturated heterocycles. The second-order valence-electron chi connectivity index (χ2n) is 5.03. The van der Waals surface area contributed by atoms with Crippen molar-refractivity contribution in [1.82, 2.24) is 4.98 Å². The van der Waals surface area contributed by atoms with Crippen molar-refractivity contribution in [3.8, 4) is 0 Å². The van der Waals surface area contributed by atoms with E-state index in [9.17, 15) is 5.11 Å². The van der Waals surface area contributed by atoms with Crippen LogP contribution in [0.15, 0.2) is 30.5 Å². The first-order valence-electron chi connectivity index (χ1n) is 6.26. The monoisotopic (exact) mass is 230 g/mol. The van der Waals surface area contributed by atoms with E-state index >= 15 is 0 Å². The fourth-order valence-electron chi connectivity index (χ4n) is 2.54. The van der Waals surface area contributed by atoms with Gasteiger partial charge in [0.15, 0.2) is 0 Å². The summed E-state index contributed by atoms with van der Waals surface area (Å²) in [5, 5.41) is 11.4. The zero-order valence-corrected chi connectivity index (χ0v) is 9.76. The van der Waals surface area contributed by atoms with Gasteiger partial charge in [-0.05, 0) is 41.8 Å². The Morgan fingerprint density at radius 2 is 2.12 bits per heavy atom. The number of rotatable bonds is 3. The van der Waals surface area contributed by atoms with E-state index in [-0.39, 0.29) is 6.04 Å². The maximum atomic E-state index is 10.2. The van der Waals surface area contributed by atoms with Gasteiger partial charge in [0.05, 0.1) is 12.1 Å². The highest BCUT2D eigenvalue weighted by molar-refractivity contribution is 5.80. The van der Waals surface area contributed by atoms with Gasteiger partial charge in [0, 0.05) is 11.7 Å². The molecule has 0 amide bonds.